The molecule has 0 fully saturated rings. The number of rotatable bonds is 6. The first-order valence-corrected chi connectivity index (χ1v) is 9.50. The van der Waals surface area contributed by atoms with Gasteiger partial charge >= 0.3 is 0 Å². The highest BCUT2D eigenvalue weighted by molar-refractivity contribution is 7.88. The molecule has 2 N–H and O–H groups in total. The highest BCUT2D eigenvalue weighted by atomic mass is 32.2. The van der Waals surface area contributed by atoms with Crippen molar-refractivity contribution in [1.29, 1.82) is 0 Å². The lowest BCUT2D eigenvalue weighted by atomic mass is 10.2. The Morgan fingerprint density at radius 3 is 2.58 bits per heavy atom. The molecule has 0 amide bonds. The van der Waals surface area contributed by atoms with Crippen molar-refractivity contribution in [3.63, 3.8) is 0 Å². The predicted molar refractivity (Wildman–Crippen MR) is 95.4 cm³/mol. The van der Waals surface area contributed by atoms with Gasteiger partial charge in [0.05, 0.1) is 24.7 Å². The van der Waals surface area contributed by atoms with E-state index in [4.69, 9.17) is 0 Å². The maximum absolute atomic E-state index is 11.1. The Morgan fingerprint density at radius 2 is 1.88 bits per heavy atom. The fourth-order valence-corrected chi connectivity index (χ4v) is 2.91. The van der Waals surface area contributed by atoms with Gasteiger partial charge in [0.25, 0.3) is 0 Å². The second kappa shape index (κ2) is 6.62. The summed E-state index contributed by atoms with van der Waals surface area (Å²) in [6, 6.07) is 11.7. The molecule has 0 aliphatic rings. The molecular weight excluding hydrogens is 324 g/mol. The third kappa shape index (κ3) is 3.93. The van der Waals surface area contributed by atoms with Crippen LogP contribution in [0.1, 0.15) is 16.8 Å². The lowest BCUT2D eigenvalue weighted by Gasteiger charge is -2.08. The summed E-state index contributed by atoms with van der Waals surface area (Å²) in [5, 5.41) is 3.36. The lowest BCUT2D eigenvalue weighted by molar-refractivity contribution is 0.587. The Hall–Kier alpha value is -2.38. The first kappa shape index (κ1) is 16.5. The molecular formula is C17H20N4O2S. The smallest absolute Gasteiger partial charge is 0.209 e. The molecule has 2 heterocycles. The predicted octanol–water partition coefficient (Wildman–Crippen LogP) is 2.30. The van der Waals surface area contributed by atoms with Gasteiger partial charge in [-0.25, -0.2) is 18.1 Å². The van der Waals surface area contributed by atoms with Crippen molar-refractivity contribution in [2.75, 3.05) is 11.6 Å². The summed E-state index contributed by atoms with van der Waals surface area (Å²) < 4.78 is 26.8. The number of fused-ring (bicyclic) bond motifs is 1. The van der Waals surface area contributed by atoms with Gasteiger partial charge in [0, 0.05) is 18.4 Å². The fourth-order valence-electron chi connectivity index (χ4n) is 2.48. The van der Waals surface area contributed by atoms with Gasteiger partial charge in [0.15, 0.2) is 0 Å². The van der Waals surface area contributed by atoms with E-state index in [1.807, 2.05) is 55.7 Å². The van der Waals surface area contributed by atoms with E-state index in [1.165, 1.54) is 0 Å². The van der Waals surface area contributed by atoms with Crippen molar-refractivity contribution >= 4 is 21.4 Å². The Morgan fingerprint density at radius 1 is 1.12 bits per heavy atom. The van der Waals surface area contributed by atoms with Gasteiger partial charge < -0.3 is 9.72 Å². The zero-order valence-electron chi connectivity index (χ0n) is 13.7. The molecule has 126 valence electrons. The van der Waals surface area contributed by atoms with Crippen molar-refractivity contribution in [2.45, 2.75) is 20.0 Å². The quantitative estimate of drug-likeness (QED) is 0.719. The SMILES string of the molecule is Cc1cccn2c(CNc3ccc(CNS(C)(=O)=O)cc3)cnc12. The van der Waals surface area contributed by atoms with Gasteiger partial charge in [-0.15, -0.1) is 0 Å². The van der Waals surface area contributed by atoms with Gasteiger partial charge in [-0.3, -0.25) is 0 Å². The second-order valence-corrected chi connectivity index (χ2v) is 7.61. The minimum atomic E-state index is -3.17. The van der Waals surface area contributed by atoms with Gasteiger partial charge in [0.2, 0.25) is 10.0 Å². The lowest BCUT2D eigenvalue weighted by Crippen LogP contribution is -2.21. The number of nitrogens with zero attached hydrogens (tertiary/aromatic N) is 2. The average molecular weight is 344 g/mol. The molecule has 0 bridgehead atoms. The van der Waals surface area contributed by atoms with Crippen LogP contribution >= 0.6 is 0 Å². The van der Waals surface area contributed by atoms with E-state index in [0.29, 0.717) is 13.1 Å². The molecule has 0 aliphatic heterocycles. The molecule has 0 atom stereocenters. The van der Waals surface area contributed by atoms with E-state index < -0.39 is 10.0 Å². The van der Waals surface area contributed by atoms with E-state index in [9.17, 15) is 8.42 Å². The number of hydrogen-bond acceptors (Lipinski definition) is 4. The third-order valence-corrected chi connectivity index (χ3v) is 4.44. The molecule has 2 aromatic heterocycles. The maximum Gasteiger partial charge on any atom is 0.209 e. The number of imidazole rings is 1. The number of nitrogens with one attached hydrogen (secondary N) is 2. The van der Waals surface area contributed by atoms with Gasteiger partial charge in [-0.1, -0.05) is 18.2 Å². The van der Waals surface area contributed by atoms with Crippen LogP contribution in [0, 0.1) is 6.92 Å². The third-order valence-electron chi connectivity index (χ3n) is 3.77. The molecule has 0 aliphatic carbocycles. The van der Waals surface area contributed by atoms with Crippen LogP contribution in [0.3, 0.4) is 0 Å². The Labute approximate surface area is 141 Å². The van der Waals surface area contributed by atoms with Crippen molar-refractivity contribution in [3.8, 4) is 0 Å². The summed E-state index contributed by atoms with van der Waals surface area (Å²) in [6.45, 7) is 3.00. The van der Waals surface area contributed by atoms with Crippen LogP contribution in [0.2, 0.25) is 0 Å². The molecule has 0 radical (unpaired) electrons. The van der Waals surface area contributed by atoms with Crippen LogP contribution < -0.4 is 10.0 Å². The normalized spacial score (nSPS) is 11.8. The first-order chi connectivity index (χ1) is 11.4. The van der Waals surface area contributed by atoms with Crippen molar-refractivity contribution in [3.05, 3.63) is 65.6 Å². The van der Waals surface area contributed by atoms with E-state index in [0.717, 1.165) is 34.4 Å². The van der Waals surface area contributed by atoms with Crippen LogP contribution in [0.25, 0.3) is 5.65 Å². The maximum atomic E-state index is 11.1. The summed E-state index contributed by atoms with van der Waals surface area (Å²) in [5.74, 6) is 0. The molecule has 24 heavy (non-hydrogen) atoms. The minimum absolute atomic E-state index is 0.297. The van der Waals surface area contributed by atoms with E-state index in [-0.39, 0.29) is 0 Å². The van der Waals surface area contributed by atoms with E-state index >= 15 is 0 Å². The molecule has 6 nitrogen and oxygen atoms in total. The van der Waals surface area contributed by atoms with Gasteiger partial charge in [0.1, 0.15) is 5.65 Å². The molecule has 0 spiro atoms. The summed E-state index contributed by atoms with van der Waals surface area (Å²) in [6.07, 6.45) is 5.03. The second-order valence-electron chi connectivity index (χ2n) is 5.78. The number of hydrogen-bond donors (Lipinski definition) is 2. The summed E-state index contributed by atoms with van der Waals surface area (Å²) >= 11 is 0. The summed E-state index contributed by atoms with van der Waals surface area (Å²) in [4.78, 5) is 4.45. The first-order valence-electron chi connectivity index (χ1n) is 7.61. The number of aromatic nitrogens is 2. The molecule has 3 rings (SSSR count). The highest BCUT2D eigenvalue weighted by Gasteiger charge is 2.05. The standard InChI is InChI=1S/C17H20N4O2S/c1-13-4-3-9-21-16(12-19-17(13)21)11-18-15-7-5-14(6-8-15)10-20-24(2,22)23/h3-9,12,18,20H,10-11H2,1-2H3. The average Bonchev–Trinajstić information content (AvgIpc) is 2.96. The van der Waals surface area contributed by atoms with Crippen LogP contribution in [0.15, 0.2) is 48.8 Å². The van der Waals surface area contributed by atoms with Crippen LogP contribution in [-0.4, -0.2) is 24.1 Å². The van der Waals surface area contributed by atoms with Crippen LogP contribution in [-0.2, 0) is 23.1 Å². The molecule has 0 unspecified atom stereocenters. The molecule has 1 aromatic carbocycles. The zero-order chi connectivity index (χ0) is 17.2. The van der Waals surface area contributed by atoms with Gasteiger partial charge in [-0.2, -0.15) is 0 Å². The Kier molecular flexibility index (Phi) is 4.55. The zero-order valence-corrected chi connectivity index (χ0v) is 14.5. The fraction of sp³-hybridized carbons (Fsp3) is 0.235. The van der Waals surface area contributed by atoms with Crippen molar-refractivity contribution in [2.24, 2.45) is 0 Å². The summed E-state index contributed by atoms with van der Waals surface area (Å²) in [5.41, 5.74) is 5.08. The highest BCUT2D eigenvalue weighted by Crippen LogP contribution is 2.14. The monoisotopic (exact) mass is 344 g/mol. The van der Waals surface area contributed by atoms with Crippen molar-refractivity contribution < 1.29 is 8.42 Å². The summed E-state index contributed by atoms with van der Waals surface area (Å²) in [7, 11) is -3.17. The van der Waals surface area contributed by atoms with E-state index in [1.54, 1.807) is 0 Å². The van der Waals surface area contributed by atoms with Crippen molar-refractivity contribution in [1.82, 2.24) is 14.1 Å². The topological polar surface area (TPSA) is 75.5 Å². The Bertz CT molecular complexity index is 946. The number of aryl methyl sites for hydroxylation is 1. The minimum Gasteiger partial charge on any atom is -0.379 e. The molecule has 3 aromatic rings. The number of benzene rings is 1. The molecule has 7 heteroatoms. The van der Waals surface area contributed by atoms with Crippen LogP contribution in [0.4, 0.5) is 5.69 Å². The number of sulfonamides is 1. The number of pyridine rings is 1. The van der Waals surface area contributed by atoms with Gasteiger partial charge in [-0.05, 0) is 36.2 Å². The molecule has 0 saturated carbocycles. The van der Waals surface area contributed by atoms with Crippen LogP contribution in [0.5, 0.6) is 0 Å². The number of anilines is 1. The van der Waals surface area contributed by atoms with E-state index in [2.05, 4.69) is 19.4 Å². The Balaban J connectivity index is 1.65. The largest absolute Gasteiger partial charge is 0.379 e. The molecule has 0 saturated heterocycles.